The van der Waals surface area contributed by atoms with Gasteiger partial charge in [-0.25, -0.2) is 0 Å². The van der Waals surface area contributed by atoms with Gasteiger partial charge in [-0.15, -0.1) is 0 Å². The van der Waals surface area contributed by atoms with E-state index in [0.29, 0.717) is 25.0 Å². The lowest BCUT2D eigenvalue weighted by atomic mass is 9.83. The van der Waals surface area contributed by atoms with Gasteiger partial charge in [-0.2, -0.15) is 0 Å². The minimum Gasteiger partial charge on any atom is -0.396 e. The molecule has 0 radical (unpaired) electrons. The van der Waals surface area contributed by atoms with Gasteiger partial charge in [0, 0.05) is 13.2 Å². The van der Waals surface area contributed by atoms with Gasteiger partial charge in [0.15, 0.2) is 0 Å². The maximum atomic E-state index is 8.93. The zero-order valence-electron chi connectivity index (χ0n) is 8.11. The van der Waals surface area contributed by atoms with Gasteiger partial charge in [-0.1, -0.05) is 0 Å². The van der Waals surface area contributed by atoms with E-state index in [0.717, 1.165) is 32.3 Å². The second kappa shape index (κ2) is 6.35. The molecule has 3 heteroatoms. The van der Waals surface area contributed by atoms with Crippen LogP contribution in [0.4, 0.5) is 0 Å². The average Bonchev–Trinajstić information content (AvgIpc) is 2.19. The summed E-state index contributed by atoms with van der Waals surface area (Å²) in [6.45, 7) is 1.69. The molecule has 3 nitrogen and oxygen atoms in total. The van der Waals surface area contributed by atoms with Crippen molar-refractivity contribution in [1.29, 1.82) is 0 Å². The molecule has 0 aromatic carbocycles. The monoisotopic (exact) mass is 188 g/mol. The Labute approximate surface area is 79.7 Å². The maximum Gasteiger partial charge on any atom is 0.0697 e. The molecule has 0 aromatic heterocycles. The van der Waals surface area contributed by atoms with Crippen LogP contribution in [0.1, 0.15) is 25.7 Å². The van der Waals surface area contributed by atoms with Crippen LogP contribution >= 0.6 is 0 Å². The highest BCUT2D eigenvalue weighted by Gasteiger charge is 2.20. The molecule has 1 fully saturated rings. The molecule has 0 aliphatic heterocycles. The van der Waals surface area contributed by atoms with Gasteiger partial charge in [0.25, 0.3) is 0 Å². The van der Waals surface area contributed by atoms with Crippen molar-refractivity contribution in [2.45, 2.75) is 25.7 Å². The summed E-state index contributed by atoms with van der Waals surface area (Å²) < 4.78 is 5.28. The van der Waals surface area contributed by atoms with Crippen LogP contribution in [0.3, 0.4) is 0 Å². The molecule has 0 heterocycles. The van der Waals surface area contributed by atoms with Gasteiger partial charge in [-0.3, -0.25) is 0 Å². The molecule has 1 saturated carbocycles. The third kappa shape index (κ3) is 4.07. The van der Waals surface area contributed by atoms with Gasteiger partial charge in [0.05, 0.1) is 13.2 Å². The van der Waals surface area contributed by atoms with Crippen LogP contribution < -0.4 is 0 Å². The molecule has 1 aliphatic carbocycles. The van der Waals surface area contributed by atoms with E-state index in [2.05, 4.69) is 0 Å². The number of hydrogen-bond acceptors (Lipinski definition) is 3. The summed E-state index contributed by atoms with van der Waals surface area (Å²) in [5, 5.41) is 17.4. The molecule has 78 valence electrons. The number of aliphatic hydroxyl groups is 2. The topological polar surface area (TPSA) is 49.7 Å². The Morgan fingerprint density at radius 3 is 2.15 bits per heavy atom. The van der Waals surface area contributed by atoms with Crippen LogP contribution in [-0.4, -0.2) is 36.6 Å². The predicted molar refractivity (Wildman–Crippen MR) is 50.4 cm³/mol. The van der Waals surface area contributed by atoms with Crippen LogP contribution in [-0.2, 0) is 4.74 Å². The van der Waals surface area contributed by atoms with Crippen LogP contribution in [0.25, 0.3) is 0 Å². The van der Waals surface area contributed by atoms with Crippen LogP contribution in [0.15, 0.2) is 0 Å². The minimum absolute atomic E-state index is 0.117. The van der Waals surface area contributed by atoms with E-state index in [4.69, 9.17) is 14.9 Å². The first kappa shape index (κ1) is 11.0. The third-order valence-electron chi connectivity index (χ3n) is 2.81. The van der Waals surface area contributed by atoms with E-state index in [1.807, 2.05) is 0 Å². The van der Waals surface area contributed by atoms with E-state index >= 15 is 0 Å². The summed E-state index contributed by atoms with van der Waals surface area (Å²) in [6.07, 6.45) is 4.58. The summed E-state index contributed by atoms with van der Waals surface area (Å²) in [4.78, 5) is 0. The smallest absolute Gasteiger partial charge is 0.0697 e. The van der Waals surface area contributed by atoms with Crippen molar-refractivity contribution >= 4 is 0 Å². The highest BCUT2D eigenvalue weighted by atomic mass is 16.5. The summed E-state index contributed by atoms with van der Waals surface area (Å²) in [6, 6.07) is 0. The van der Waals surface area contributed by atoms with Crippen molar-refractivity contribution in [3.8, 4) is 0 Å². The molecule has 0 atom stereocenters. The number of aliphatic hydroxyl groups excluding tert-OH is 2. The zero-order chi connectivity index (χ0) is 9.52. The first-order valence-corrected chi connectivity index (χ1v) is 5.16. The lowest BCUT2D eigenvalue weighted by molar-refractivity contribution is 0.0483. The van der Waals surface area contributed by atoms with Crippen LogP contribution in [0.2, 0.25) is 0 Å². The highest BCUT2D eigenvalue weighted by Crippen LogP contribution is 2.28. The van der Waals surface area contributed by atoms with E-state index in [-0.39, 0.29) is 6.61 Å². The van der Waals surface area contributed by atoms with E-state index in [1.165, 1.54) is 0 Å². The number of rotatable bonds is 5. The SMILES string of the molecule is OCCOCC1CCC(CO)CC1. The maximum absolute atomic E-state index is 8.93. The highest BCUT2D eigenvalue weighted by molar-refractivity contribution is 4.71. The Morgan fingerprint density at radius 1 is 1.00 bits per heavy atom. The normalized spacial score (nSPS) is 29.1. The lowest BCUT2D eigenvalue weighted by Gasteiger charge is -2.26. The molecular weight excluding hydrogens is 168 g/mol. The van der Waals surface area contributed by atoms with Crippen LogP contribution in [0.5, 0.6) is 0 Å². The minimum atomic E-state index is 0.117. The third-order valence-corrected chi connectivity index (χ3v) is 2.81. The largest absolute Gasteiger partial charge is 0.396 e. The van der Waals surface area contributed by atoms with Crippen molar-refractivity contribution in [2.24, 2.45) is 11.8 Å². The van der Waals surface area contributed by atoms with Crippen molar-refractivity contribution in [2.75, 3.05) is 26.4 Å². The fourth-order valence-corrected chi connectivity index (χ4v) is 1.90. The second-order valence-electron chi connectivity index (χ2n) is 3.87. The van der Waals surface area contributed by atoms with Gasteiger partial charge in [0.1, 0.15) is 0 Å². The summed E-state index contributed by atoms with van der Waals surface area (Å²) in [5.74, 6) is 1.17. The summed E-state index contributed by atoms with van der Waals surface area (Å²) in [5.41, 5.74) is 0. The van der Waals surface area contributed by atoms with Gasteiger partial charge in [-0.05, 0) is 37.5 Å². The fraction of sp³-hybridized carbons (Fsp3) is 1.00. The average molecular weight is 188 g/mol. The Morgan fingerprint density at radius 2 is 1.62 bits per heavy atom. The molecule has 0 unspecified atom stereocenters. The molecule has 1 rings (SSSR count). The Hall–Kier alpha value is -0.120. The van der Waals surface area contributed by atoms with E-state index in [1.54, 1.807) is 0 Å². The predicted octanol–water partition coefficient (Wildman–Crippen LogP) is 0.794. The second-order valence-corrected chi connectivity index (χ2v) is 3.87. The standard InChI is InChI=1S/C10H20O3/c11-5-6-13-8-10-3-1-9(7-12)2-4-10/h9-12H,1-8H2. The first-order valence-electron chi connectivity index (χ1n) is 5.16. The summed E-state index contributed by atoms with van der Waals surface area (Å²) in [7, 11) is 0. The molecule has 0 spiro atoms. The van der Waals surface area contributed by atoms with Gasteiger partial charge >= 0.3 is 0 Å². The number of ether oxygens (including phenoxy) is 1. The van der Waals surface area contributed by atoms with Crippen molar-refractivity contribution in [3.63, 3.8) is 0 Å². The van der Waals surface area contributed by atoms with Gasteiger partial charge < -0.3 is 14.9 Å². The molecule has 0 aromatic rings. The lowest BCUT2D eigenvalue weighted by Crippen LogP contribution is -2.21. The Bertz CT molecular complexity index is 117. The molecule has 0 amide bonds. The van der Waals surface area contributed by atoms with Crippen molar-refractivity contribution in [1.82, 2.24) is 0 Å². The van der Waals surface area contributed by atoms with Crippen molar-refractivity contribution in [3.05, 3.63) is 0 Å². The van der Waals surface area contributed by atoms with E-state index < -0.39 is 0 Å². The Balaban J connectivity index is 2.03. The molecule has 0 saturated heterocycles. The fourth-order valence-electron chi connectivity index (χ4n) is 1.90. The van der Waals surface area contributed by atoms with Crippen LogP contribution in [0, 0.1) is 11.8 Å². The number of hydrogen-bond donors (Lipinski definition) is 2. The quantitative estimate of drug-likeness (QED) is 0.627. The molecule has 0 bridgehead atoms. The molecule has 1 aliphatic rings. The molecule has 13 heavy (non-hydrogen) atoms. The Kier molecular flexibility index (Phi) is 5.35. The van der Waals surface area contributed by atoms with Crippen molar-refractivity contribution < 1.29 is 14.9 Å². The molecular formula is C10H20O3. The summed E-state index contributed by atoms with van der Waals surface area (Å²) >= 11 is 0. The first-order chi connectivity index (χ1) is 6.36. The van der Waals surface area contributed by atoms with E-state index in [9.17, 15) is 0 Å². The van der Waals surface area contributed by atoms with Gasteiger partial charge in [0.2, 0.25) is 0 Å². The zero-order valence-corrected chi connectivity index (χ0v) is 8.11. The molecule has 2 N–H and O–H groups in total.